The Morgan fingerprint density at radius 1 is 1.36 bits per heavy atom. The lowest BCUT2D eigenvalue weighted by Crippen LogP contribution is -2.30. The molecule has 1 aliphatic rings. The number of amides is 2. The highest BCUT2D eigenvalue weighted by Crippen LogP contribution is 2.53. The second-order valence-electron chi connectivity index (χ2n) is 7.34. The van der Waals surface area contributed by atoms with Crippen molar-refractivity contribution in [3.8, 4) is 0 Å². The SMILES string of the molecule is CC(C)(C)OC(=O)N1CCC(C)(c2ccccc2NC=O)P1.CCC. The third kappa shape index (κ3) is 6.32. The smallest absolute Gasteiger partial charge is 0.413 e. The highest BCUT2D eigenvalue weighted by Gasteiger charge is 2.40. The predicted octanol–water partition coefficient (Wildman–Crippen LogP) is 5.12. The monoisotopic (exact) mass is 366 g/mol. The van der Waals surface area contributed by atoms with Crippen molar-refractivity contribution >= 4 is 26.9 Å². The highest BCUT2D eigenvalue weighted by atomic mass is 31.1. The number of nitrogens with zero attached hydrogens (tertiary/aromatic N) is 1. The Morgan fingerprint density at radius 3 is 2.52 bits per heavy atom. The highest BCUT2D eigenvalue weighted by molar-refractivity contribution is 7.38. The summed E-state index contributed by atoms with van der Waals surface area (Å²) in [5, 5.41) is 2.59. The predicted molar refractivity (Wildman–Crippen MR) is 105 cm³/mol. The average Bonchev–Trinajstić information content (AvgIpc) is 2.91. The second-order valence-corrected chi connectivity index (χ2v) is 9.21. The molecule has 0 saturated carbocycles. The van der Waals surface area contributed by atoms with Crippen LogP contribution in [0, 0.1) is 0 Å². The first-order valence-corrected chi connectivity index (χ1v) is 9.69. The molecule has 1 N–H and O–H groups in total. The molecule has 1 aromatic rings. The summed E-state index contributed by atoms with van der Waals surface area (Å²) in [6, 6.07) is 7.74. The maximum Gasteiger partial charge on any atom is 0.413 e. The van der Waals surface area contributed by atoms with E-state index in [4.69, 9.17) is 4.74 Å². The van der Waals surface area contributed by atoms with E-state index in [0.717, 1.165) is 17.7 Å². The van der Waals surface area contributed by atoms with Crippen LogP contribution in [-0.2, 0) is 14.7 Å². The van der Waals surface area contributed by atoms with Crippen LogP contribution in [-0.4, -0.2) is 29.3 Å². The van der Waals surface area contributed by atoms with Crippen molar-refractivity contribution in [3.05, 3.63) is 29.8 Å². The Hall–Kier alpha value is -1.61. The molecule has 0 aromatic heterocycles. The number of carbonyl (C=O) groups excluding carboxylic acids is 2. The van der Waals surface area contributed by atoms with Gasteiger partial charge in [0.1, 0.15) is 5.60 Å². The number of benzene rings is 1. The zero-order valence-corrected chi connectivity index (χ0v) is 17.2. The van der Waals surface area contributed by atoms with E-state index < -0.39 is 5.60 Å². The van der Waals surface area contributed by atoms with Gasteiger partial charge >= 0.3 is 6.09 Å². The van der Waals surface area contributed by atoms with Crippen molar-refractivity contribution in [1.29, 1.82) is 0 Å². The van der Waals surface area contributed by atoms with Crippen LogP contribution in [0.1, 0.15) is 59.9 Å². The van der Waals surface area contributed by atoms with Gasteiger partial charge in [0.15, 0.2) is 0 Å². The van der Waals surface area contributed by atoms with Crippen LogP contribution in [0.25, 0.3) is 0 Å². The molecule has 0 spiro atoms. The summed E-state index contributed by atoms with van der Waals surface area (Å²) in [5.41, 5.74) is 1.38. The summed E-state index contributed by atoms with van der Waals surface area (Å²) in [6.07, 6.45) is 2.52. The van der Waals surface area contributed by atoms with Crippen LogP contribution in [0.2, 0.25) is 0 Å². The van der Waals surface area contributed by atoms with E-state index in [1.54, 1.807) is 4.67 Å². The fraction of sp³-hybridized carbons (Fsp3) is 0.579. The molecule has 1 fully saturated rings. The van der Waals surface area contributed by atoms with Crippen LogP contribution in [0.4, 0.5) is 10.5 Å². The molecule has 25 heavy (non-hydrogen) atoms. The molecular formula is C19H31N2O3P. The quantitative estimate of drug-likeness (QED) is 0.596. The fourth-order valence-electron chi connectivity index (χ4n) is 2.55. The largest absolute Gasteiger partial charge is 0.444 e. The Kier molecular flexibility index (Phi) is 7.88. The zero-order chi connectivity index (χ0) is 19.1. The van der Waals surface area contributed by atoms with E-state index in [1.165, 1.54) is 6.42 Å². The van der Waals surface area contributed by atoms with Gasteiger partial charge in [-0.05, 0) is 54.5 Å². The van der Waals surface area contributed by atoms with Gasteiger partial charge < -0.3 is 10.1 Å². The maximum absolute atomic E-state index is 12.2. The summed E-state index contributed by atoms with van der Waals surface area (Å²) in [6.45, 7) is 12.6. The lowest BCUT2D eigenvalue weighted by atomic mass is 9.95. The Balaban J connectivity index is 0.000000970. The van der Waals surface area contributed by atoms with Crippen molar-refractivity contribution in [3.63, 3.8) is 0 Å². The van der Waals surface area contributed by atoms with E-state index >= 15 is 0 Å². The summed E-state index contributed by atoms with van der Waals surface area (Å²) in [5.74, 6) is 0. The van der Waals surface area contributed by atoms with Crippen molar-refractivity contribution < 1.29 is 14.3 Å². The first-order valence-electron chi connectivity index (χ1n) is 8.75. The third-order valence-corrected chi connectivity index (χ3v) is 5.26. The lowest BCUT2D eigenvalue weighted by Gasteiger charge is -2.28. The number of nitrogens with one attached hydrogen (secondary N) is 1. The van der Waals surface area contributed by atoms with Crippen LogP contribution >= 0.6 is 8.73 Å². The number of rotatable bonds is 3. The lowest BCUT2D eigenvalue weighted by molar-refractivity contribution is -0.105. The molecule has 0 radical (unpaired) electrons. The molecule has 2 rings (SSSR count). The van der Waals surface area contributed by atoms with Gasteiger partial charge in [0.2, 0.25) is 6.41 Å². The normalized spacial score (nSPS) is 20.6. The maximum atomic E-state index is 12.2. The number of anilines is 1. The van der Waals surface area contributed by atoms with E-state index in [0.29, 0.717) is 21.7 Å². The number of ether oxygens (including phenoxy) is 1. The number of hydrogen-bond donors (Lipinski definition) is 1. The van der Waals surface area contributed by atoms with Crippen molar-refractivity contribution in [2.75, 3.05) is 11.9 Å². The van der Waals surface area contributed by atoms with E-state index in [2.05, 4.69) is 26.1 Å². The number of carbonyl (C=O) groups is 2. The minimum atomic E-state index is -0.489. The molecule has 6 heteroatoms. The van der Waals surface area contributed by atoms with Crippen LogP contribution in [0.3, 0.4) is 0 Å². The van der Waals surface area contributed by atoms with Gasteiger partial charge in [0.25, 0.3) is 0 Å². The standard InChI is InChI=1S/C16H23N2O3P.C3H8/c1-15(2,3)21-14(20)18-10-9-16(4,22-18)12-7-5-6-8-13(12)17-11-19;1-3-2/h5-8,11,22H,9-10H2,1-4H3,(H,17,19);3H2,1-2H3. The molecule has 2 atom stereocenters. The topological polar surface area (TPSA) is 58.6 Å². The Morgan fingerprint density at radius 2 is 1.96 bits per heavy atom. The second kappa shape index (κ2) is 9.19. The molecule has 0 bridgehead atoms. The van der Waals surface area contributed by atoms with E-state index in [1.807, 2.05) is 45.0 Å². The van der Waals surface area contributed by atoms with Gasteiger partial charge in [0, 0.05) is 17.4 Å². The third-order valence-electron chi connectivity index (χ3n) is 3.57. The molecule has 1 aromatic carbocycles. The van der Waals surface area contributed by atoms with Crippen LogP contribution < -0.4 is 5.32 Å². The average molecular weight is 366 g/mol. The summed E-state index contributed by atoms with van der Waals surface area (Å²) >= 11 is 0. The molecule has 1 saturated heterocycles. The molecule has 1 heterocycles. The van der Waals surface area contributed by atoms with Gasteiger partial charge in [-0.2, -0.15) is 0 Å². The molecule has 0 aliphatic carbocycles. The van der Waals surface area contributed by atoms with Gasteiger partial charge in [-0.15, -0.1) is 0 Å². The van der Waals surface area contributed by atoms with Crippen LogP contribution in [0.5, 0.6) is 0 Å². The minimum absolute atomic E-state index is 0.163. The van der Waals surface area contributed by atoms with Crippen LogP contribution in [0.15, 0.2) is 24.3 Å². The fourth-order valence-corrected chi connectivity index (χ4v) is 4.07. The summed E-state index contributed by atoms with van der Waals surface area (Å²) < 4.78 is 7.22. The van der Waals surface area contributed by atoms with Gasteiger partial charge in [-0.3, -0.25) is 9.46 Å². The zero-order valence-electron chi connectivity index (χ0n) is 16.2. The summed E-state index contributed by atoms with van der Waals surface area (Å²) in [4.78, 5) is 23.0. The van der Waals surface area contributed by atoms with E-state index in [-0.39, 0.29) is 11.2 Å². The molecule has 2 amide bonds. The molecule has 1 aliphatic heterocycles. The van der Waals surface area contributed by atoms with Crippen molar-refractivity contribution in [1.82, 2.24) is 4.67 Å². The van der Waals surface area contributed by atoms with Crippen molar-refractivity contribution in [2.45, 2.75) is 65.1 Å². The van der Waals surface area contributed by atoms with Crippen molar-refractivity contribution in [2.24, 2.45) is 0 Å². The first-order chi connectivity index (χ1) is 11.7. The summed E-state index contributed by atoms with van der Waals surface area (Å²) in [7, 11) is 0.291. The van der Waals surface area contributed by atoms with E-state index in [9.17, 15) is 9.59 Å². The molecular weight excluding hydrogens is 335 g/mol. The van der Waals surface area contributed by atoms with Gasteiger partial charge in [0.05, 0.1) is 0 Å². The molecule has 2 unspecified atom stereocenters. The Labute approximate surface area is 153 Å². The number of hydrogen-bond acceptors (Lipinski definition) is 3. The minimum Gasteiger partial charge on any atom is -0.444 e. The van der Waals surface area contributed by atoms with Gasteiger partial charge in [-0.1, -0.05) is 38.5 Å². The van der Waals surface area contributed by atoms with Gasteiger partial charge in [-0.25, -0.2) is 4.79 Å². The molecule has 5 nitrogen and oxygen atoms in total. The first kappa shape index (κ1) is 21.4. The molecule has 140 valence electrons. The Bertz CT molecular complexity index is 586. The number of para-hydroxylation sites is 1.